The minimum absolute atomic E-state index is 0.0530. The smallest absolute Gasteiger partial charge is 0.294 e. The SMILES string of the molecule is CC(=O)C1=C(O)C(=O)N(c2cccnc2)C1c1ccc([N+](=O)[O-])cc1. The molecule has 0 aliphatic carbocycles. The predicted molar refractivity (Wildman–Crippen MR) is 87.9 cm³/mol. The van der Waals surface area contributed by atoms with Crippen LogP contribution in [0.3, 0.4) is 0 Å². The molecule has 1 amide bonds. The Bertz CT molecular complexity index is 890. The molecule has 2 heterocycles. The van der Waals surface area contributed by atoms with Gasteiger partial charge in [-0.2, -0.15) is 0 Å². The number of aliphatic hydroxyl groups is 1. The van der Waals surface area contributed by atoms with Gasteiger partial charge in [0, 0.05) is 18.3 Å². The maximum absolute atomic E-state index is 12.5. The summed E-state index contributed by atoms with van der Waals surface area (Å²) in [4.78, 5) is 40.0. The first-order chi connectivity index (χ1) is 11.9. The fourth-order valence-corrected chi connectivity index (χ4v) is 2.82. The Morgan fingerprint density at radius 3 is 2.48 bits per heavy atom. The van der Waals surface area contributed by atoms with Crippen LogP contribution in [-0.4, -0.2) is 26.7 Å². The summed E-state index contributed by atoms with van der Waals surface area (Å²) >= 11 is 0. The highest BCUT2D eigenvalue weighted by Gasteiger charge is 2.43. The van der Waals surface area contributed by atoms with Crippen LogP contribution in [0.2, 0.25) is 0 Å². The lowest BCUT2D eigenvalue weighted by atomic mass is 9.96. The highest BCUT2D eigenvalue weighted by Crippen LogP contribution is 2.40. The Balaban J connectivity index is 2.14. The molecule has 1 aliphatic heterocycles. The molecule has 1 unspecified atom stereocenters. The molecule has 2 aromatic rings. The highest BCUT2D eigenvalue weighted by molar-refractivity contribution is 6.16. The van der Waals surface area contributed by atoms with Gasteiger partial charge in [0.1, 0.15) is 0 Å². The van der Waals surface area contributed by atoms with E-state index in [2.05, 4.69) is 4.98 Å². The van der Waals surface area contributed by atoms with Crippen molar-refractivity contribution < 1.29 is 19.6 Å². The third-order valence-electron chi connectivity index (χ3n) is 3.93. The van der Waals surface area contributed by atoms with Crippen LogP contribution in [0, 0.1) is 10.1 Å². The number of rotatable bonds is 4. The molecule has 0 fully saturated rings. The molecule has 1 aromatic carbocycles. The molecular weight excluding hydrogens is 326 g/mol. The fourth-order valence-electron chi connectivity index (χ4n) is 2.82. The minimum atomic E-state index is -0.880. The number of nitro benzene ring substituents is 1. The van der Waals surface area contributed by atoms with Gasteiger partial charge in [-0.3, -0.25) is 29.6 Å². The molecule has 1 atom stereocenters. The summed E-state index contributed by atoms with van der Waals surface area (Å²) in [5.41, 5.74) is 0.706. The van der Waals surface area contributed by atoms with Crippen LogP contribution in [0.15, 0.2) is 60.1 Å². The van der Waals surface area contributed by atoms with Crippen LogP contribution >= 0.6 is 0 Å². The van der Waals surface area contributed by atoms with Crippen LogP contribution in [0.4, 0.5) is 11.4 Å². The van der Waals surface area contributed by atoms with E-state index in [-0.39, 0.29) is 11.3 Å². The summed E-state index contributed by atoms with van der Waals surface area (Å²) in [6, 6.07) is 7.86. The normalized spacial score (nSPS) is 17.1. The summed E-state index contributed by atoms with van der Waals surface area (Å²) in [5, 5.41) is 21.0. The number of carbonyl (C=O) groups is 2. The van der Waals surface area contributed by atoms with Gasteiger partial charge in [0.25, 0.3) is 11.6 Å². The number of pyridine rings is 1. The minimum Gasteiger partial charge on any atom is -0.503 e. The van der Waals surface area contributed by atoms with Crippen molar-refractivity contribution in [1.29, 1.82) is 0 Å². The van der Waals surface area contributed by atoms with Crippen LogP contribution in [0.25, 0.3) is 0 Å². The monoisotopic (exact) mass is 339 g/mol. The van der Waals surface area contributed by atoms with Gasteiger partial charge in [-0.05, 0) is 36.8 Å². The van der Waals surface area contributed by atoms with Crippen molar-refractivity contribution >= 4 is 23.1 Å². The topological polar surface area (TPSA) is 114 Å². The molecule has 0 saturated heterocycles. The van der Waals surface area contributed by atoms with Gasteiger partial charge >= 0.3 is 0 Å². The molecule has 0 saturated carbocycles. The van der Waals surface area contributed by atoms with Crippen LogP contribution < -0.4 is 4.90 Å². The number of nitrogens with zero attached hydrogens (tertiary/aromatic N) is 3. The van der Waals surface area contributed by atoms with Gasteiger partial charge in [-0.25, -0.2) is 0 Å². The number of hydrogen-bond acceptors (Lipinski definition) is 6. The van der Waals surface area contributed by atoms with Gasteiger partial charge in [0.15, 0.2) is 11.5 Å². The molecule has 1 N–H and O–H groups in total. The lowest BCUT2D eigenvalue weighted by Crippen LogP contribution is -2.30. The summed E-state index contributed by atoms with van der Waals surface area (Å²) in [6.45, 7) is 1.25. The zero-order valence-electron chi connectivity index (χ0n) is 13.1. The van der Waals surface area contributed by atoms with Crippen molar-refractivity contribution in [2.75, 3.05) is 4.90 Å². The van der Waals surface area contributed by atoms with Crippen molar-refractivity contribution in [3.05, 3.63) is 75.8 Å². The fraction of sp³-hybridized carbons (Fsp3) is 0.118. The Kier molecular flexibility index (Phi) is 4.02. The van der Waals surface area contributed by atoms with E-state index in [1.807, 2.05) is 0 Å². The van der Waals surface area contributed by atoms with E-state index in [9.17, 15) is 24.8 Å². The molecule has 8 nitrogen and oxygen atoms in total. The first kappa shape index (κ1) is 16.3. The Morgan fingerprint density at radius 1 is 1.28 bits per heavy atom. The van der Waals surface area contributed by atoms with E-state index < -0.39 is 28.4 Å². The number of amides is 1. The predicted octanol–water partition coefficient (Wildman–Crippen LogP) is 2.48. The largest absolute Gasteiger partial charge is 0.503 e. The Hall–Kier alpha value is -3.55. The Labute approximate surface area is 142 Å². The number of Topliss-reactive ketones (excluding diaryl/α,β-unsaturated/α-hetero) is 1. The number of carbonyl (C=O) groups excluding carboxylic acids is 2. The third kappa shape index (κ3) is 2.74. The van der Waals surface area contributed by atoms with Crippen molar-refractivity contribution in [2.24, 2.45) is 0 Å². The number of anilines is 1. The first-order valence-corrected chi connectivity index (χ1v) is 7.34. The number of benzene rings is 1. The summed E-state index contributed by atoms with van der Waals surface area (Å²) < 4.78 is 0. The second-order valence-electron chi connectivity index (χ2n) is 5.46. The van der Waals surface area contributed by atoms with E-state index in [0.29, 0.717) is 11.3 Å². The summed E-state index contributed by atoms with van der Waals surface area (Å²) in [7, 11) is 0. The molecule has 0 radical (unpaired) electrons. The lowest BCUT2D eigenvalue weighted by Gasteiger charge is -2.26. The molecule has 0 spiro atoms. The number of nitro groups is 1. The standard InChI is InChI=1S/C17H13N3O5/c1-10(21)14-15(11-4-6-12(7-5-11)20(24)25)19(17(23)16(14)22)13-3-2-8-18-9-13/h2-9,15,22H,1H3. The van der Waals surface area contributed by atoms with E-state index >= 15 is 0 Å². The van der Waals surface area contributed by atoms with Gasteiger partial charge in [0.05, 0.1) is 28.4 Å². The van der Waals surface area contributed by atoms with Crippen molar-refractivity contribution in [3.63, 3.8) is 0 Å². The molecule has 8 heteroatoms. The van der Waals surface area contributed by atoms with E-state index in [4.69, 9.17) is 0 Å². The number of hydrogen-bond donors (Lipinski definition) is 1. The van der Waals surface area contributed by atoms with E-state index in [0.717, 1.165) is 0 Å². The van der Waals surface area contributed by atoms with Crippen molar-refractivity contribution in [1.82, 2.24) is 4.98 Å². The number of aliphatic hydroxyl groups excluding tert-OH is 1. The van der Waals surface area contributed by atoms with E-state index in [1.54, 1.807) is 12.1 Å². The summed E-state index contributed by atoms with van der Waals surface area (Å²) in [6.07, 6.45) is 2.97. The average molecular weight is 339 g/mol. The van der Waals surface area contributed by atoms with Gasteiger partial charge in [0.2, 0.25) is 0 Å². The molecule has 1 aromatic heterocycles. The second kappa shape index (κ2) is 6.16. The van der Waals surface area contributed by atoms with Gasteiger partial charge in [-0.1, -0.05) is 0 Å². The molecule has 126 valence electrons. The molecular formula is C17H13N3O5. The van der Waals surface area contributed by atoms with Crippen molar-refractivity contribution in [2.45, 2.75) is 13.0 Å². The number of non-ortho nitro benzene ring substituents is 1. The first-order valence-electron chi connectivity index (χ1n) is 7.34. The molecule has 3 rings (SSSR count). The van der Waals surface area contributed by atoms with Crippen molar-refractivity contribution in [3.8, 4) is 0 Å². The molecule has 25 heavy (non-hydrogen) atoms. The molecule has 0 bridgehead atoms. The summed E-state index contributed by atoms with van der Waals surface area (Å²) in [5.74, 6) is -1.80. The van der Waals surface area contributed by atoms with Crippen LogP contribution in [0.5, 0.6) is 0 Å². The zero-order chi connectivity index (χ0) is 18.1. The lowest BCUT2D eigenvalue weighted by molar-refractivity contribution is -0.384. The maximum atomic E-state index is 12.5. The van der Waals surface area contributed by atoms with E-state index in [1.165, 1.54) is 48.5 Å². The van der Waals surface area contributed by atoms with Crippen LogP contribution in [-0.2, 0) is 9.59 Å². The van der Waals surface area contributed by atoms with Gasteiger partial charge in [-0.15, -0.1) is 0 Å². The average Bonchev–Trinajstić information content (AvgIpc) is 2.87. The third-order valence-corrected chi connectivity index (χ3v) is 3.93. The number of ketones is 1. The van der Waals surface area contributed by atoms with Crippen LogP contribution in [0.1, 0.15) is 18.5 Å². The second-order valence-corrected chi connectivity index (χ2v) is 5.46. The zero-order valence-corrected chi connectivity index (χ0v) is 13.1. The maximum Gasteiger partial charge on any atom is 0.294 e. The van der Waals surface area contributed by atoms with Gasteiger partial charge < -0.3 is 5.11 Å². The number of aromatic nitrogens is 1. The highest BCUT2D eigenvalue weighted by atomic mass is 16.6. The Morgan fingerprint density at radius 2 is 1.96 bits per heavy atom. The quantitative estimate of drug-likeness (QED) is 0.676. The molecule has 1 aliphatic rings.